The number of piperazine rings is 1. The molecule has 0 amide bonds. The summed E-state index contributed by atoms with van der Waals surface area (Å²) in [4.78, 5) is 17.7. The van der Waals surface area contributed by atoms with E-state index >= 15 is 0 Å². The largest absolute Gasteiger partial charge is 0.468 e. The Morgan fingerprint density at radius 1 is 1.00 bits per heavy atom. The molecule has 29 heavy (non-hydrogen) atoms. The predicted octanol–water partition coefficient (Wildman–Crippen LogP) is 3.50. The van der Waals surface area contributed by atoms with Crippen molar-refractivity contribution < 1.29 is 14.3 Å². The smallest absolute Gasteiger partial charge is 0.183 e. The Bertz CT molecular complexity index is 745. The standard InChI is InChI=1S/C22H28N2O3.2ClH/c25-21(22(26,19-8-4-9-19)18-6-2-1-3-7-18)17-24-13-11-23(12-14-24)16-20-10-5-15-27-20;;/h1-3,5-7,10,15,19,26H,4,8-9,11-14,16-17H2;2*1H. The van der Waals surface area contributed by atoms with E-state index < -0.39 is 5.60 Å². The second-order valence-electron chi connectivity index (χ2n) is 7.82. The Hall–Kier alpha value is -1.37. The van der Waals surface area contributed by atoms with Gasteiger partial charge in [-0.25, -0.2) is 0 Å². The van der Waals surface area contributed by atoms with E-state index in [-0.39, 0.29) is 36.5 Å². The first-order valence-corrected chi connectivity index (χ1v) is 9.94. The van der Waals surface area contributed by atoms with Gasteiger partial charge in [0.25, 0.3) is 0 Å². The lowest BCUT2D eigenvalue weighted by atomic mass is 9.67. The minimum Gasteiger partial charge on any atom is -0.468 e. The van der Waals surface area contributed by atoms with E-state index in [9.17, 15) is 9.90 Å². The van der Waals surface area contributed by atoms with Gasteiger partial charge >= 0.3 is 0 Å². The number of nitrogens with zero attached hydrogens (tertiary/aromatic N) is 2. The molecule has 0 bridgehead atoms. The molecular formula is C22H30Cl2N2O3. The van der Waals surface area contributed by atoms with Crippen LogP contribution < -0.4 is 0 Å². The van der Waals surface area contributed by atoms with Gasteiger partial charge < -0.3 is 9.52 Å². The van der Waals surface area contributed by atoms with E-state index in [1.165, 1.54) is 0 Å². The normalized spacial score (nSPS) is 20.0. The van der Waals surface area contributed by atoms with E-state index in [1.807, 2.05) is 42.5 Å². The van der Waals surface area contributed by atoms with Crippen LogP contribution in [0.4, 0.5) is 0 Å². The Morgan fingerprint density at radius 3 is 2.21 bits per heavy atom. The van der Waals surface area contributed by atoms with Crippen LogP contribution in [-0.4, -0.2) is 53.4 Å². The molecule has 4 rings (SSSR count). The van der Waals surface area contributed by atoms with Gasteiger partial charge in [-0.2, -0.15) is 0 Å². The number of rotatable bonds is 7. The summed E-state index contributed by atoms with van der Waals surface area (Å²) in [7, 11) is 0. The van der Waals surface area contributed by atoms with Crippen LogP contribution in [0.25, 0.3) is 0 Å². The van der Waals surface area contributed by atoms with Crippen LogP contribution in [0.5, 0.6) is 0 Å². The minimum atomic E-state index is -1.34. The zero-order valence-corrected chi connectivity index (χ0v) is 18.2. The fourth-order valence-corrected chi connectivity index (χ4v) is 4.19. The van der Waals surface area contributed by atoms with Crippen LogP contribution in [0.15, 0.2) is 53.1 Å². The molecule has 2 heterocycles. The zero-order valence-electron chi connectivity index (χ0n) is 16.5. The molecule has 1 atom stereocenters. The summed E-state index contributed by atoms with van der Waals surface area (Å²) < 4.78 is 5.42. The van der Waals surface area contributed by atoms with Crippen LogP contribution in [0.3, 0.4) is 0 Å². The van der Waals surface area contributed by atoms with Crippen molar-refractivity contribution in [3.63, 3.8) is 0 Å². The topological polar surface area (TPSA) is 56.9 Å². The molecule has 1 saturated carbocycles. The van der Waals surface area contributed by atoms with Gasteiger partial charge in [0, 0.05) is 26.2 Å². The first-order chi connectivity index (χ1) is 13.2. The molecule has 7 heteroatoms. The van der Waals surface area contributed by atoms with Gasteiger partial charge in [-0.15, -0.1) is 24.8 Å². The van der Waals surface area contributed by atoms with Crippen molar-refractivity contribution in [3.8, 4) is 0 Å². The zero-order chi connectivity index (χ0) is 18.7. The highest BCUT2D eigenvalue weighted by atomic mass is 35.5. The Morgan fingerprint density at radius 2 is 1.66 bits per heavy atom. The predicted molar refractivity (Wildman–Crippen MR) is 118 cm³/mol. The lowest BCUT2D eigenvalue weighted by Crippen LogP contribution is -2.53. The molecule has 1 aromatic heterocycles. The molecule has 1 aromatic carbocycles. The maximum Gasteiger partial charge on any atom is 0.183 e. The van der Waals surface area contributed by atoms with E-state index in [0.717, 1.165) is 63.3 Å². The number of carbonyl (C=O) groups is 1. The number of hydrogen-bond donors (Lipinski definition) is 1. The second kappa shape index (κ2) is 10.6. The summed E-state index contributed by atoms with van der Waals surface area (Å²) in [5.41, 5.74) is -0.596. The molecule has 160 valence electrons. The molecule has 1 aliphatic heterocycles. The van der Waals surface area contributed by atoms with Gasteiger partial charge in [0.05, 0.1) is 19.4 Å². The van der Waals surface area contributed by atoms with Gasteiger partial charge in [0.15, 0.2) is 11.4 Å². The molecule has 2 fully saturated rings. The fourth-order valence-electron chi connectivity index (χ4n) is 4.19. The summed E-state index contributed by atoms with van der Waals surface area (Å²) in [6.45, 7) is 4.60. The highest BCUT2D eigenvalue weighted by molar-refractivity contribution is 5.90. The van der Waals surface area contributed by atoms with Crippen molar-refractivity contribution in [1.82, 2.24) is 9.80 Å². The number of benzene rings is 1. The third kappa shape index (κ3) is 5.22. The first-order valence-electron chi connectivity index (χ1n) is 9.94. The number of aliphatic hydroxyl groups is 1. The van der Waals surface area contributed by atoms with E-state index in [2.05, 4.69) is 9.80 Å². The van der Waals surface area contributed by atoms with Gasteiger partial charge in [-0.3, -0.25) is 14.6 Å². The minimum absolute atomic E-state index is 0. The van der Waals surface area contributed by atoms with E-state index in [1.54, 1.807) is 6.26 Å². The molecule has 5 nitrogen and oxygen atoms in total. The Balaban J connectivity index is 0.00000150. The number of hydrogen-bond acceptors (Lipinski definition) is 5. The summed E-state index contributed by atoms with van der Waals surface area (Å²) >= 11 is 0. The molecule has 1 saturated heterocycles. The monoisotopic (exact) mass is 440 g/mol. The van der Waals surface area contributed by atoms with E-state index in [0.29, 0.717) is 6.54 Å². The number of carbonyl (C=O) groups excluding carboxylic acids is 1. The van der Waals surface area contributed by atoms with Crippen molar-refractivity contribution in [1.29, 1.82) is 0 Å². The van der Waals surface area contributed by atoms with Gasteiger partial charge in [-0.05, 0) is 36.5 Å². The summed E-state index contributed by atoms with van der Waals surface area (Å²) in [5, 5.41) is 11.4. The number of furan rings is 1. The Kier molecular flexibility index (Phi) is 8.73. The molecule has 0 spiro atoms. The third-order valence-corrected chi connectivity index (χ3v) is 6.13. The van der Waals surface area contributed by atoms with Crippen molar-refractivity contribution >= 4 is 30.6 Å². The van der Waals surface area contributed by atoms with Crippen molar-refractivity contribution in [2.24, 2.45) is 5.92 Å². The quantitative estimate of drug-likeness (QED) is 0.713. The van der Waals surface area contributed by atoms with Gasteiger partial charge in [0.2, 0.25) is 0 Å². The third-order valence-electron chi connectivity index (χ3n) is 6.13. The first kappa shape index (κ1) is 23.9. The molecule has 0 radical (unpaired) electrons. The SMILES string of the molecule is Cl.Cl.O=C(CN1CCN(Cc2ccco2)CC1)C(O)(c1ccccc1)C1CCC1. The van der Waals surface area contributed by atoms with Crippen molar-refractivity contribution in [3.05, 3.63) is 60.1 Å². The van der Waals surface area contributed by atoms with E-state index in [4.69, 9.17) is 4.42 Å². The lowest BCUT2D eigenvalue weighted by molar-refractivity contribution is -0.151. The average Bonchev–Trinajstić information content (AvgIpc) is 3.15. The molecule has 1 N–H and O–H groups in total. The van der Waals surface area contributed by atoms with Gasteiger partial charge in [-0.1, -0.05) is 36.8 Å². The Labute approximate surface area is 184 Å². The van der Waals surface area contributed by atoms with Crippen LogP contribution in [-0.2, 0) is 16.9 Å². The van der Waals surface area contributed by atoms with Crippen molar-refractivity contribution in [2.45, 2.75) is 31.4 Å². The van der Waals surface area contributed by atoms with Crippen LogP contribution in [0.1, 0.15) is 30.6 Å². The second-order valence-corrected chi connectivity index (χ2v) is 7.82. The molecule has 1 unspecified atom stereocenters. The molecule has 2 aliphatic rings. The molecule has 2 aromatic rings. The maximum absolute atomic E-state index is 13.2. The average molecular weight is 441 g/mol. The number of ketones is 1. The van der Waals surface area contributed by atoms with Crippen LogP contribution in [0.2, 0.25) is 0 Å². The lowest BCUT2D eigenvalue weighted by Gasteiger charge is -2.42. The number of Topliss-reactive ketones (excluding diaryl/α,β-unsaturated/α-hetero) is 1. The highest BCUT2D eigenvalue weighted by Gasteiger charge is 2.47. The maximum atomic E-state index is 13.2. The molecular weight excluding hydrogens is 411 g/mol. The molecule has 1 aliphatic carbocycles. The van der Waals surface area contributed by atoms with Crippen LogP contribution in [0, 0.1) is 5.92 Å². The highest BCUT2D eigenvalue weighted by Crippen LogP contribution is 2.43. The van der Waals surface area contributed by atoms with Crippen LogP contribution >= 0.6 is 24.8 Å². The van der Waals surface area contributed by atoms with Crippen molar-refractivity contribution in [2.75, 3.05) is 32.7 Å². The fraction of sp³-hybridized carbons (Fsp3) is 0.500. The summed E-state index contributed by atoms with van der Waals surface area (Å²) in [6.07, 6.45) is 4.65. The summed E-state index contributed by atoms with van der Waals surface area (Å²) in [5.74, 6) is 0.966. The summed E-state index contributed by atoms with van der Waals surface area (Å²) in [6, 6.07) is 13.4. The number of halogens is 2. The van der Waals surface area contributed by atoms with Gasteiger partial charge in [0.1, 0.15) is 5.76 Å².